The lowest BCUT2D eigenvalue weighted by molar-refractivity contribution is 1.26. The zero-order valence-electron chi connectivity index (χ0n) is 10.4. The highest BCUT2D eigenvalue weighted by molar-refractivity contribution is 7.13. The van der Waals surface area contributed by atoms with Crippen LogP contribution in [-0.4, -0.2) is 19.9 Å². The molecule has 0 saturated carbocycles. The van der Waals surface area contributed by atoms with Crippen molar-refractivity contribution in [3.8, 4) is 21.8 Å². The Bertz CT molecular complexity index is 864. The van der Waals surface area contributed by atoms with Crippen molar-refractivity contribution in [1.82, 2.24) is 19.9 Å². The van der Waals surface area contributed by atoms with Crippen LogP contribution in [0.5, 0.6) is 0 Å². The molecule has 20 heavy (non-hydrogen) atoms. The van der Waals surface area contributed by atoms with E-state index in [1.807, 2.05) is 24.4 Å². The van der Waals surface area contributed by atoms with Gasteiger partial charge in [0.15, 0.2) is 5.65 Å². The highest BCUT2D eigenvalue weighted by Gasteiger charge is 2.12. The largest absolute Gasteiger partial charge is 0.344 e. The predicted molar refractivity (Wildman–Crippen MR) is 80.4 cm³/mol. The van der Waals surface area contributed by atoms with Gasteiger partial charge in [0, 0.05) is 29.5 Å². The Balaban J connectivity index is 1.82. The first-order chi connectivity index (χ1) is 9.92. The topological polar surface area (TPSA) is 54.5 Å². The van der Waals surface area contributed by atoms with Crippen LogP contribution in [0.2, 0.25) is 0 Å². The average molecular weight is 278 g/mol. The molecule has 5 heteroatoms. The summed E-state index contributed by atoms with van der Waals surface area (Å²) in [7, 11) is 0. The molecule has 0 amide bonds. The summed E-state index contributed by atoms with van der Waals surface area (Å²) in [5, 5.41) is 3.02. The molecule has 0 spiro atoms. The highest BCUT2D eigenvalue weighted by atomic mass is 32.1. The van der Waals surface area contributed by atoms with Gasteiger partial charge in [0.05, 0.1) is 11.3 Å². The van der Waals surface area contributed by atoms with Crippen molar-refractivity contribution >= 4 is 22.5 Å². The number of hydrogen-bond acceptors (Lipinski definition) is 4. The number of thiazole rings is 1. The van der Waals surface area contributed by atoms with E-state index < -0.39 is 0 Å². The lowest BCUT2D eigenvalue weighted by Gasteiger charge is -1.94. The van der Waals surface area contributed by atoms with Crippen LogP contribution in [0.25, 0.3) is 33.0 Å². The van der Waals surface area contributed by atoms with Crippen molar-refractivity contribution in [3.63, 3.8) is 0 Å². The molecule has 4 rings (SSSR count). The molecule has 4 nitrogen and oxygen atoms in total. The standard InChI is InChI=1S/C15H10N4S/c1-2-4-10(5-3-1)12-9-20-15(19-12)11-8-18-14-13(11)16-6-7-17-14/h1-9H,(H,17,18). The number of fused-ring (bicyclic) bond motifs is 1. The zero-order valence-corrected chi connectivity index (χ0v) is 11.3. The maximum Gasteiger partial charge on any atom is 0.156 e. The fourth-order valence-electron chi connectivity index (χ4n) is 2.15. The van der Waals surface area contributed by atoms with E-state index in [4.69, 9.17) is 4.98 Å². The van der Waals surface area contributed by atoms with E-state index in [0.29, 0.717) is 0 Å². The number of aromatic nitrogens is 4. The average Bonchev–Trinajstić information content (AvgIpc) is 3.14. The normalized spacial score (nSPS) is 11.0. The van der Waals surface area contributed by atoms with Gasteiger partial charge in [-0.05, 0) is 0 Å². The number of nitrogens with one attached hydrogen (secondary N) is 1. The fourth-order valence-corrected chi connectivity index (χ4v) is 3.00. The smallest absolute Gasteiger partial charge is 0.156 e. The highest BCUT2D eigenvalue weighted by Crippen LogP contribution is 2.31. The van der Waals surface area contributed by atoms with Gasteiger partial charge < -0.3 is 4.98 Å². The third-order valence-electron chi connectivity index (χ3n) is 3.11. The molecule has 1 N–H and O–H groups in total. The summed E-state index contributed by atoms with van der Waals surface area (Å²) in [6.45, 7) is 0. The van der Waals surface area contributed by atoms with Crippen LogP contribution in [0.3, 0.4) is 0 Å². The molecular formula is C15H10N4S. The molecule has 0 bridgehead atoms. The van der Waals surface area contributed by atoms with Gasteiger partial charge in [0.1, 0.15) is 10.5 Å². The van der Waals surface area contributed by atoms with Gasteiger partial charge >= 0.3 is 0 Å². The van der Waals surface area contributed by atoms with Gasteiger partial charge in [-0.15, -0.1) is 11.3 Å². The van der Waals surface area contributed by atoms with Crippen LogP contribution in [0, 0.1) is 0 Å². The van der Waals surface area contributed by atoms with E-state index in [1.165, 1.54) is 0 Å². The van der Waals surface area contributed by atoms with Gasteiger partial charge in [-0.1, -0.05) is 30.3 Å². The molecule has 1 aromatic carbocycles. The fraction of sp³-hybridized carbons (Fsp3) is 0. The number of aromatic amines is 1. The van der Waals surface area contributed by atoms with Crippen molar-refractivity contribution in [2.24, 2.45) is 0 Å². The Morgan fingerprint density at radius 2 is 1.85 bits per heavy atom. The molecule has 0 atom stereocenters. The summed E-state index contributed by atoms with van der Waals surface area (Å²) < 4.78 is 0. The zero-order chi connectivity index (χ0) is 13.4. The molecule has 96 valence electrons. The predicted octanol–water partition coefficient (Wildman–Crippen LogP) is 3.75. The van der Waals surface area contributed by atoms with Gasteiger partial charge in [0.25, 0.3) is 0 Å². The first-order valence-corrected chi connectivity index (χ1v) is 7.09. The molecule has 0 aliphatic carbocycles. The summed E-state index contributed by atoms with van der Waals surface area (Å²) in [6, 6.07) is 10.2. The first kappa shape index (κ1) is 11.3. The van der Waals surface area contributed by atoms with E-state index in [9.17, 15) is 0 Å². The van der Waals surface area contributed by atoms with Crippen molar-refractivity contribution in [1.29, 1.82) is 0 Å². The minimum absolute atomic E-state index is 0.791. The van der Waals surface area contributed by atoms with Crippen LogP contribution >= 0.6 is 11.3 Å². The Morgan fingerprint density at radius 1 is 1.00 bits per heavy atom. The van der Waals surface area contributed by atoms with E-state index >= 15 is 0 Å². The monoisotopic (exact) mass is 278 g/mol. The van der Waals surface area contributed by atoms with Gasteiger partial charge in [-0.2, -0.15) is 0 Å². The minimum atomic E-state index is 0.791. The molecule has 0 unspecified atom stereocenters. The van der Waals surface area contributed by atoms with Crippen LogP contribution in [0.15, 0.2) is 54.3 Å². The number of benzene rings is 1. The van der Waals surface area contributed by atoms with Gasteiger partial charge in [-0.3, -0.25) is 4.98 Å². The summed E-state index contributed by atoms with van der Waals surface area (Å²) in [5.41, 5.74) is 4.77. The number of H-pyrrole nitrogens is 1. The Morgan fingerprint density at radius 3 is 2.75 bits per heavy atom. The molecule has 4 aromatic rings. The number of nitrogens with zero attached hydrogens (tertiary/aromatic N) is 3. The summed E-state index contributed by atoms with van der Waals surface area (Å²) in [4.78, 5) is 16.5. The second-order valence-electron chi connectivity index (χ2n) is 4.36. The first-order valence-electron chi connectivity index (χ1n) is 6.21. The van der Waals surface area contributed by atoms with E-state index in [-0.39, 0.29) is 0 Å². The van der Waals surface area contributed by atoms with Crippen LogP contribution < -0.4 is 0 Å². The lowest BCUT2D eigenvalue weighted by atomic mass is 10.2. The van der Waals surface area contributed by atoms with Gasteiger partial charge in [0.2, 0.25) is 0 Å². The van der Waals surface area contributed by atoms with Crippen LogP contribution in [0.4, 0.5) is 0 Å². The second kappa shape index (κ2) is 4.54. The maximum atomic E-state index is 4.70. The molecule has 0 aliphatic heterocycles. The molecular weight excluding hydrogens is 268 g/mol. The summed E-state index contributed by atoms with van der Waals surface area (Å²) >= 11 is 1.62. The van der Waals surface area contributed by atoms with Crippen LogP contribution in [-0.2, 0) is 0 Å². The molecule has 0 fully saturated rings. The molecule has 0 radical (unpaired) electrons. The Hall–Kier alpha value is -2.53. The van der Waals surface area contributed by atoms with Crippen LogP contribution in [0.1, 0.15) is 0 Å². The lowest BCUT2D eigenvalue weighted by Crippen LogP contribution is -1.81. The maximum absolute atomic E-state index is 4.70. The van der Waals surface area contributed by atoms with E-state index in [1.54, 1.807) is 23.7 Å². The SMILES string of the molecule is c1ccc(-c2csc(-c3c[nH]c4nccnc34)n2)cc1. The third-order valence-corrected chi connectivity index (χ3v) is 3.99. The molecule has 0 saturated heterocycles. The van der Waals surface area contributed by atoms with E-state index in [0.717, 1.165) is 33.0 Å². The van der Waals surface area contributed by atoms with Crippen molar-refractivity contribution in [2.75, 3.05) is 0 Å². The summed E-state index contributed by atoms with van der Waals surface area (Å²) in [5.74, 6) is 0. The minimum Gasteiger partial charge on any atom is -0.344 e. The summed E-state index contributed by atoms with van der Waals surface area (Å²) in [6.07, 6.45) is 5.30. The Labute approximate surface area is 119 Å². The molecule has 3 heterocycles. The van der Waals surface area contributed by atoms with Crippen molar-refractivity contribution in [3.05, 3.63) is 54.3 Å². The quantitative estimate of drug-likeness (QED) is 0.607. The van der Waals surface area contributed by atoms with Gasteiger partial charge in [-0.25, -0.2) is 9.97 Å². The van der Waals surface area contributed by atoms with E-state index in [2.05, 4.69) is 32.5 Å². The molecule has 3 aromatic heterocycles. The van der Waals surface area contributed by atoms with Crippen molar-refractivity contribution in [2.45, 2.75) is 0 Å². The molecule has 0 aliphatic rings. The Kier molecular flexibility index (Phi) is 2.57. The number of rotatable bonds is 2. The second-order valence-corrected chi connectivity index (χ2v) is 5.22. The third kappa shape index (κ3) is 1.80. The number of hydrogen-bond donors (Lipinski definition) is 1. The van der Waals surface area contributed by atoms with Crippen molar-refractivity contribution < 1.29 is 0 Å².